The number of methoxy groups -OCH3 is 1. The molecule has 2 aromatic rings. The summed E-state index contributed by atoms with van der Waals surface area (Å²) in [6.45, 7) is 6.08. The van der Waals surface area contributed by atoms with Crippen LogP contribution in [0, 0.1) is 5.92 Å². The predicted octanol–water partition coefficient (Wildman–Crippen LogP) is 2.71. The fourth-order valence-electron chi connectivity index (χ4n) is 4.72. The summed E-state index contributed by atoms with van der Waals surface area (Å²) in [5.41, 5.74) is 11.0. The highest BCUT2D eigenvalue weighted by Crippen LogP contribution is 2.46. The highest BCUT2D eigenvalue weighted by molar-refractivity contribution is 5.79. The molecule has 3 aliphatic rings. The van der Waals surface area contributed by atoms with Crippen LogP contribution in [0.1, 0.15) is 43.0 Å². The van der Waals surface area contributed by atoms with Crippen LogP contribution in [0.2, 0.25) is 0 Å². The molecular weight excluding hydrogens is 404 g/mol. The van der Waals surface area contributed by atoms with Crippen molar-refractivity contribution in [3.05, 3.63) is 36.3 Å². The first-order chi connectivity index (χ1) is 15.6. The molecule has 0 spiro atoms. The third kappa shape index (κ3) is 4.07. The Bertz CT molecular complexity index is 1030. The largest absolute Gasteiger partial charge is 0.396 e. The fourth-order valence-corrected chi connectivity index (χ4v) is 4.72. The molecule has 1 amide bonds. The second kappa shape index (κ2) is 8.50. The summed E-state index contributed by atoms with van der Waals surface area (Å²) in [6.07, 6.45) is 8.08. The summed E-state index contributed by atoms with van der Waals surface area (Å²) in [7, 11) is 1.57. The van der Waals surface area contributed by atoms with Gasteiger partial charge in [0.1, 0.15) is 6.61 Å². The Morgan fingerprint density at radius 3 is 2.78 bits per heavy atom. The quantitative estimate of drug-likeness (QED) is 0.715. The Hall–Kier alpha value is -3.00. The van der Waals surface area contributed by atoms with Gasteiger partial charge in [-0.15, -0.1) is 0 Å². The predicted molar refractivity (Wildman–Crippen MR) is 124 cm³/mol. The lowest BCUT2D eigenvalue weighted by atomic mass is 10.0. The van der Waals surface area contributed by atoms with E-state index in [0.29, 0.717) is 24.1 Å². The molecular formula is C24H30N6O2. The van der Waals surface area contributed by atoms with Gasteiger partial charge in [0.25, 0.3) is 0 Å². The number of carbonyl (C=O) groups excluding carboxylic acids is 1. The van der Waals surface area contributed by atoms with Crippen LogP contribution < -0.4 is 10.6 Å². The number of piperazine rings is 1. The molecule has 1 atom stereocenters. The number of nitrogen functional groups attached to an aromatic ring is 1. The number of nitrogens with zero attached hydrogens (tertiary/aromatic N) is 5. The first kappa shape index (κ1) is 20.9. The highest BCUT2D eigenvalue weighted by atomic mass is 16.5. The van der Waals surface area contributed by atoms with Gasteiger partial charge >= 0.3 is 0 Å². The molecule has 2 aliphatic carbocycles. The summed E-state index contributed by atoms with van der Waals surface area (Å²) in [5.74, 6) is 1.92. The average Bonchev–Trinajstić information content (AvgIpc) is 3.72. The lowest BCUT2D eigenvalue weighted by molar-refractivity contribution is -0.138. The smallest absolute Gasteiger partial charge is 0.248 e. The minimum atomic E-state index is 0.0715. The summed E-state index contributed by atoms with van der Waals surface area (Å²) in [6, 6.07) is 4.20. The van der Waals surface area contributed by atoms with Gasteiger partial charge in [0.2, 0.25) is 5.91 Å². The van der Waals surface area contributed by atoms with Crippen LogP contribution in [0.5, 0.6) is 0 Å². The minimum absolute atomic E-state index is 0.0715. The molecule has 5 rings (SSSR count). The van der Waals surface area contributed by atoms with E-state index in [2.05, 4.69) is 21.7 Å². The number of ether oxygens (including phenoxy) is 1. The van der Waals surface area contributed by atoms with Gasteiger partial charge in [0, 0.05) is 43.8 Å². The number of amides is 1. The number of rotatable bonds is 7. The molecule has 32 heavy (non-hydrogen) atoms. The monoisotopic (exact) mass is 434 g/mol. The molecule has 0 aromatic carbocycles. The standard InChI is InChI=1S/C24H30N6O2/c1-3-18-10-17(12-26-28-18)19-11-20(25)24(27-23(19)16-6-7-16)29-8-9-30(22(31)14-32-2)21(13-29)15-4-5-15/h3,10-12,15-16,21H,1,4-9,13-14,25H2,2H3/t21-/m0/s1. The van der Waals surface area contributed by atoms with E-state index in [1.807, 2.05) is 17.0 Å². The van der Waals surface area contributed by atoms with Crippen LogP contribution in [-0.4, -0.2) is 65.4 Å². The molecule has 8 heteroatoms. The topological polar surface area (TPSA) is 97.5 Å². The summed E-state index contributed by atoms with van der Waals surface area (Å²) in [4.78, 5) is 22.0. The van der Waals surface area contributed by atoms with E-state index in [4.69, 9.17) is 15.5 Å². The van der Waals surface area contributed by atoms with Crippen molar-refractivity contribution < 1.29 is 9.53 Å². The highest BCUT2D eigenvalue weighted by Gasteiger charge is 2.41. The number of aromatic nitrogens is 3. The van der Waals surface area contributed by atoms with Gasteiger partial charge in [-0.3, -0.25) is 4.79 Å². The van der Waals surface area contributed by atoms with Crippen molar-refractivity contribution in [2.75, 3.05) is 44.0 Å². The number of carbonyl (C=O) groups is 1. The van der Waals surface area contributed by atoms with Gasteiger partial charge in [-0.05, 0) is 49.8 Å². The van der Waals surface area contributed by atoms with Crippen LogP contribution in [0.15, 0.2) is 24.9 Å². The van der Waals surface area contributed by atoms with E-state index < -0.39 is 0 Å². The van der Waals surface area contributed by atoms with Crippen molar-refractivity contribution in [1.29, 1.82) is 0 Å². The Kier molecular flexibility index (Phi) is 5.55. The van der Waals surface area contributed by atoms with E-state index in [-0.39, 0.29) is 18.6 Å². The first-order valence-electron chi connectivity index (χ1n) is 11.4. The summed E-state index contributed by atoms with van der Waals surface area (Å²) >= 11 is 0. The van der Waals surface area contributed by atoms with E-state index in [1.165, 1.54) is 12.8 Å². The van der Waals surface area contributed by atoms with Crippen molar-refractivity contribution in [2.24, 2.45) is 5.92 Å². The van der Waals surface area contributed by atoms with Gasteiger partial charge in [-0.1, -0.05) is 6.58 Å². The van der Waals surface area contributed by atoms with Crippen LogP contribution in [0.3, 0.4) is 0 Å². The van der Waals surface area contributed by atoms with E-state index in [1.54, 1.807) is 19.4 Å². The maximum Gasteiger partial charge on any atom is 0.248 e. The van der Waals surface area contributed by atoms with Crippen LogP contribution in [0.4, 0.5) is 11.5 Å². The van der Waals surface area contributed by atoms with E-state index >= 15 is 0 Å². The molecule has 0 radical (unpaired) electrons. The zero-order chi connectivity index (χ0) is 22.2. The molecule has 168 valence electrons. The maximum atomic E-state index is 12.6. The number of anilines is 2. The lowest BCUT2D eigenvalue weighted by Crippen LogP contribution is -2.57. The zero-order valence-electron chi connectivity index (χ0n) is 18.5. The molecule has 1 saturated heterocycles. The first-order valence-corrected chi connectivity index (χ1v) is 11.4. The van der Waals surface area contributed by atoms with Crippen molar-refractivity contribution in [2.45, 2.75) is 37.6 Å². The number of hydrogen-bond donors (Lipinski definition) is 1. The van der Waals surface area contributed by atoms with Gasteiger partial charge in [-0.25, -0.2) is 4.98 Å². The SMILES string of the molecule is C=Cc1cc(-c2cc(N)c(N3CCN(C(=O)COC)[C@H](C4CC4)C3)nc2C2CC2)cnn1. The average molecular weight is 435 g/mol. The molecule has 0 bridgehead atoms. The Balaban J connectivity index is 1.46. The number of nitrogens with two attached hydrogens (primary N) is 1. The van der Waals surface area contributed by atoms with Crippen LogP contribution in [-0.2, 0) is 9.53 Å². The molecule has 0 unspecified atom stereocenters. The van der Waals surface area contributed by atoms with E-state index in [9.17, 15) is 4.79 Å². The Morgan fingerprint density at radius 1 is 1.28 bits per heavy atom. The molecule has 2 N–H and O–H groups in total. The third-order valence-electron chi connectivity index (χ3n) is 6.69. The summed E-state index contributed by atoms with van der Waals surface area (Å²) in [5, 5.41) is 8.21. The Labute approximate surface area is 188 Å². The van der Waals surface area contributed by atoms with Crippen molar-refractivity contribution in [3.8, 4) is 11.1 Å². The third-order valence-corrected chi connectivity index (χ3v) is 6.69. The zero-order valence-corrected chi connectivity index (χ0v) is 18.5. The second-order valence-corrected chi connectivity index (χ2v) is 9.05. The van der Waals surface area contributed by atoms with Gasteiger partial charge in [0.15, 0.2) is 5.82 Å². The number of hydrogen-bond acceptors (Lipinski definition) is 7. The summed E-state index contributed by atoms with van der Waals surface area (Å²) < 4.78 is 5.10. The second-order valence-electron chi connectivity index (χ2n) is 9.05. The molecule has 3 fully saturated rings. The molecule has 2 aromatic heterocycles. The lowest BCUT2D eigenvalue weighted by Gasteiger charge is -2.42. The maximum absolute atomic E-state index is 12.6. The number of pyridine rings is 1. The van der Waals surface area contributed by atoms with Crippen molar-refractivity contribution in [3.63, 3.8) is 0 Å². The van der Waals surface area contributed by atoms with Crippen LogP contribution >= 0.6 is 0 Å². The molecule has 1 aliphatic heterocycles. The van der Waals surface area contributed by atoms with Crippen molar-refractivity contribution in [1.82, 2.24) is 20.1 Å². The van der Waals surface area contributed by atoms with Gasteiger partial charge in [0.05, 0.1) is 29.3 Å². The van der Waals surface area contributed by atoms with Crippen LogP contribution in [0.25, 0.3) is 17.2 Å². The normalized spacial score (nSPS) is 21.0. The molecule has 3 heterocycles. The van der Waals surface area contributed by atoms with E-state index in [0.717, 1.165) is 54.3 Å². The molecule has 2 saturated carbocycles. The van der Waals surface area contributed by atoms with Crippen molar-refractivity contribution >= 4 is 23.5 Å². The fraction of sp³-hybridized carbons (Fsp3) is 0.500. The minimum Gasteiger partial charge on any atom is -0.396 e. The van der Waals surface area contributed by atoms with Gasteiger partial charge in [-0.2, -0.15) is 10.2 Å². The van der Waals surface area contributed by atoms with Gasteiger partial charge < -0.3 is 20.3 Å². The Morgan fingerprint density at radius 2 is 2.09 bits per heavy atom. The molecule has 8 nitrogen and oxygen atoms in total.